The van der Waals surface area contributed by atoms with E-state index in [0.29, 0.717) is 11.3 Å². The Labute approximate surface area is 82.0 Å². The maximum atomic E-state index is 9.44. The van der Waals surface area contributed by atoms with Crippen LogP contribution in [0.1, 0.15) is 11.7 Å². The molecule has 2 atom stereocenters. The number of nitriles is 1. The second-order valence-electron chi connectivity index (χ2n) is 2.79. The van der Waals surface area contributed by atoms with Crippen LogP contribution < -0.4 is 4.74 Å². The molecule has 0 aliphatic rings. The molecule has 0 saturated carbocycles. The highest BCUT2D eigenvalue weighted by atomic mass is 16.5. The van der Waals surface area contributed by atoms with Gasteiger partial charge in [0.1, 0.15) is 11.9 Å². The maximum absolute atomic E-state index is 9.44. The van der Waals surface area contributed by atoms with Gasteiger partial charge in [0.15, 0.2) is 6.10 Å². The molecule has 4 nitrogen and oxygen atoms in total. The molecule has 0 aliphatic carbocycles. The predicted octanol–water partition coefficient (Wildman–Crippen LogP) is 0.613. The van der Waals surface area contributed by atoms with Gasteiger partial charge in [-0.1, -0.05) is 12.1 Å². The van der Waals surface area contributed by atoms with E-state index in [1.54, 1.807) is 30.3 Å². The zero-order chi connectivity index (χ0) is 10.6. The molecule has 74 valence electrons. The fraction of sp³-hybridized carbons (Fsp3) is 0.300. The molecule has 0 bridgehead atoms. The minimum absolute atomic E-state index is 0.486. The van der Waals surface area contributed by atoms with Gasteiger partial charge in [0.2, 0.25) is 0 Å². The molecule has 0 aromatic heterocycles. The van der Waals surface area contributed by atoms with Crippen molar-refractivity contribution < 1.29 is 14.9 Å². The van der Waals surface area contributed by atoms with Crippen molar-refractivity contribution in [3.05, 3.63) is 29.8 Å². The van der Waals surface area contributed by atoms with E-state index < -0.39 is 12.2 Å². The van der Waals surface area contributed by atoms with E-state index in [-0.39, 0.29) is 0 Å². The molecule has 0 amide bonds. The molecule has 0 heterocycles. The second-order valence-corrected chi connectivity index (χ2v) is 2.79. The van der Waals surface area contributed by atoms with Crippen molar-refractivity contribution in [2.24, 2.45) is 0 Å². The van der Waals surface area contributed by atoms with Crippen molar-refractivity contribution >= 4 is 0 Å². The van der Waals surface area contributed by atoms with E-state index in [0.717, 1.165) is 0 Å². The Bertz CT molecular complexity index is 328. The monoisotopic (exact) mass is 193 g/mol. The van der Waals surface area contributed by atoms with Gasteiger partial charge in [-0.2, -0.15) is 5.26 Å². The molecule has 2 N–H and O–H groups in total. The number of aliphatic hydroxyl groups is 2. The normalized spacial score (nSPS) is 14.1. The minimum atomic E-state index is -1.40. The van der Waals surface area contributed by atoms with Crippen LogP contribution in [-0.2, 0) is 0 Å². The lowest BCUT2D eigenvalue weighted by molar-refractivity contribution is 0.0527. The Morgan fingerprint density at radius 1 is 1.29 bits per heavy atom. The van der Waals surface area contributed by atoms with Gasteiger partial charge < -0.3 is 14.9 Å². The lowest BCUT2D eigenvalue weighted by atomic mass is 10.1. The van der Waals surface area contributed by atoms with Crippen LogP contribution in [-0.4, -0.2) is 23.4 Å². The van der Waals surface area contributed by atoms with Crippen LogP contribution >= 0.6 is 0 Å². The first-order valence-electron chi connectivity index (χ1n) is 4.08. The van der Waals surface area contributed by atoms with E-state index in [1.165, 1.54) is 7.11 Å². The molecule has 0 fully saturated rings. The van der Waals surface area contributed by atoms with Gasteiger partial charge in [-0.05, 0) is 17.7 Å². The highest BCUT2D eigenvalue weighted by Gasteiger charge is 2.16. The first kappa shape index (κ1) is 10.5. The number of hydrogen-bond acceptors (Lipinski definition) is 4. The van der Waals surface area contributed by atoms with E-state index in [1.807, 2.05) is 0 Å². The Morgan fingerprint density at radius 3 is 2.29 bits per heavy atom. The minimum Gasteiger partial charge on any atom is -0.497 e. The Morgan fingerprint density at radius 2 is 1.86 bits per heavy atom. The quantitative estimate of drug-likeness (QED) is 0.690. The summed E-state index contributed by atoms with van der Waals surface area (Å²) in [5.41, 5.74) is 0.486. The topological polar surface area (TPSA) is 73.5 Å². The zero-order valence-corrected chi connectivity index (χ0v) is 7.71. The van der Waals surface area contributed by atoms with E-state index in [4.69, 9.17) is 15.1 Å². The van der Waals surface area contributed by atoms with Crippen LogP contribution in [0.2, 0.25) is 0 Å². The summed E-state index contributed by atoms with van der Waals surface area (Å²) in [5, 5.41) is 26.9. The number of methoxy groups -OCH3 is 1. The van der Waals surface area contributed by atoms with Crippen molar-refractivity contribution in [2.45, 2.75) is 12.2 Å². The van der Waals surface area contributed by atoms with E-state index in [2.05, 4.69) is 0 Å². The first-order valence-corrected chi connectivity index (χ1v) is 4.08. The van der Waals surface area contributed by atoms with Gasteiger partial charge in [0.25, 0.3) is 0 Å². The fourth-order valence-electron chi connectivity index (χ4n) is 1.05. The van der Waals surface area contributed by atoms with Gasteiger partial charge >= 0.3 is 0 Å². The molecule has 0 radical (unpaired) electrons. The van der Waals surface area contributed by atoms with E-state index >= 15 is 0 Å². The summed E-state index contributed by atoms with van der Waals surface area (Å²) in [7, 11) is 1.54. The fourth-order valence-corrected chi connectivity index (χ4v) is 1.05. The summed E-state index contributed by atoms with van der Waals surface area (Å²) >= 11 is 0. The summed E-state index contributed by atoms with van der Waals surface area (Å²) in [6.45, 7) is 0. The molecule has 0 unspecified atom stereocenters. The molecule has 1 aromatic rings. The number of benzene rings is 1. The molecule has 1 aromatic carbocycles. The van der Waals surface area contributed by atoms with Crippen molar-refractivity contribution in [3.63, 3.8) is 0 Å². The molecule has 14 heavy (non-hydrogen) atoms. The molecule has 0 aliphatic heterocycles. The third-order valence-electron chi connectivity index (χ3n) is 1.89. The standard InChI is InChI=1S/C10H11NO3/c1-14-8-4-2-7(3-5-8)10(13)9(12)6-11/h2-5,9-10,12-13H,1H3/t9-,10-/m1/s1. The highest BCUT2D eigenvalue weighted by molar-refractivity contribution is 5.29. The number of nitrogens with zero attached hydrogens (tertiary/aromatic N) is 1. The van der Waals surface area contributed by atoms with Crippen LogP contribution in [0.25, 0.3) is 0 Å². The molecule has 0 spiro atoms. The summed E-state index contributed by atoms with van der Waals surface area (Å²) in [6, 6.07) is 8.08. The zero-order valence-electron chi connectivity index (χ0n) is 7.71. The maximum Gasteiger partial charge on any atom is 0.170 e. The third kappa shape index (κ3) is 2.22. The van der Waals surface area contributed by atoms with Crippen LogP contribution in [0.3, 0.4) is 0 Å². The van der Waals surface area contributed by atoms with Crippen molar-refractivity contribution in [1.29, 1.82) is 5.26 Å². The Kier molecular flexibility index (Phi) is 3.46. The van der Waals surface area contributed by atoms with Gasteiger partial charge in [-0.25, -0.2) is 0 Å². The summed E-state index contributed by atoms with van der Waals surface area (Å²) < 4.78 is 4.93. The van der Waals surface area contributed by atoms with Crippen LogP contribution in [0, 0.1) is 11.3 Å². The number of hydrogen-bond donors (Lipinski definition) is 2. The van der Waals surface area contributed by atoms with Crippen molar-refractivity contribution in [3.8, 4) is 11.8 Å². The van der Waals surface area contributed by atoms with Crippen LogP contribution in [0.5, 0.6) is 5.75 Å². The van der Waals surface area contributed by atoms with Crippen molar-refractivity contribution in [2.75, 3.05) is 7.11 Å². The third-order valence-corrected chi connectivity index (χ3v) is 1.89. The van der Waals surface area contributed by atoms with Gasteiger partial charge in [0.05, 0.1) is 13.2 Å². The lowest BCUT2D eigenvalue weighted by Crippen LogP contribution is -2.15. The summed E-state index contributed by atoms with van der Waals surface area (Å²) in [4.78, 5) is 0. The van der Waals surface area contributed by atoms with Crippen LogP contribution in [0.15, 0.2) is 24.3 Å². The number of rotatable bonds is 3. The summed E-state index contributed by atoms with van der Waals surface area (Å²) in [6.07, 6.45) is -2.57. The average molecular weight is 193 g/mol. The SMILES string of the molecule is COc1ccc([C@@H](O)[C@H](O)C#N)cc1. The summed E-state index contributed by atoms with van der Waals surface area (Å²) in [5.74, 6) is 0.660. The molecule has 0 saturated heterocycles. The van der Waals surface area contributed by atoms with Gasteiger partial charge in [-0.3, -0.25) is 0 Å². The predicted molar refractivity (Wildman–Crippen MR) is 49.6 cm³/mol. The largest absolute Gasteiger partial charge is 0.497 e. The smallest absolute Gasteiger partial charge is 0.170 e. The molecule has 1 rings (SSSR count). The van der Waals surface area contributed by atoms with Crippen LogP contribution in [0.4, 0.5) is 0 Å². The average Bonchev–Trinajstić information content (AvgIpc) is 2.27. The Balaban J connectivity index is 2.82. The Hall–Kier alpha value is -1.57. The molecular formula is C10H11NO3. The molecule has 4 heteroatoms. The first-order chi connectivity index (χ1) is 6.69. The second kappa shape index (κ2) is 4.61. The van der Waals surface area contributed by atoms with E-state index in [9.17, 15) is 5.11 Å². The lowest BCUT2D eigenvalue weighted by Gasteiger charge is -2.11. The van der Waals surface area contributed by atoms with Gasteiger partial charge in [0, 0.05) is 0 Å². The molecular weight excluding hydrogens is 182 g/mol. The van der Waals surface area contributed by atoms with Crippen molar-refractivity contribution in [1.82, 2.24) is 0 Å². The number of aliphatic hydroxyl groups excluding tert-OH is 2. The number of ether oxygens (including phenoxy) is 1. The highest BCUT2D eigenvalue weighted by Crippen LogP contribution is 2.19. The van der Waals surface area contributed by atoms with Gasteiger partial charge in [-0.15, -0.1) is 0 Å².